The third-order valence-corrected chi connectivity index (χ3v) is 5.29. The quantitative estimate of drug-likeness (QED) is 0.722. The average molecular weight is 399 g/mol. The highest BCUT2D eigenvalue weighted by molar-refractivity contribution is 6.00. The van der Waals surface area contributed by atoms with Crippen LogP contribution in [0.1, 0.15) is 12.8 Å². The molecule has 0 N–H and O–H groups in total. The third-order valence-electron chi connectivity index (χ3n) is 5.29. The van der Waals surface area contributed by atoms with E-state index in [9.17, 15) is 14.0 Å². The molecule has 3 heterocycles. The Hall–Kier alpha value is -3.16. The molecule has 1 aromatic heterocycles. The molecule has 7 nitrogen and oxygen atoms in total. The second-order valence-electron chi connectivity index (χ2n) is 7.21. The van der Waals surface area contributed by atoms with Crippen LogP contribution in [0.4, 0.5) is 10.1 Å². The normalized spacial score (nSPS) is 21.5. The lowest BCUT2D eigenvalue weighted by Crippen LogP contribution is -2.37. The van der Waals surface area contributed by atoms with Crippen LogP contribution in [0.5, 0.6) is 11.6 Å². The summed E-state index contributed by atoms with van der Waals surface area (Å²) in [7, 11) is 1.59. The number of pyridine rings is 1. The minimum Gasteiger partial charge on any atom is -0.497 e. The summed E-state index contributed by atoms with van der Waals surface area (Å²) >= 11 is 0. The zero-order valence-corrected chi connectivity index (χ0v) is 16.1. The van der Waals surface area contributed by atoms with Gasteiger partial charge in [0, 0.05) is 37.7 Å². The summed E-state index contributed by atoms with van der Waals surface area (Å²) < 4.78 is 24.0. The van der Waals surface area contributed by atoms with Gasteiger partial charge in [-0.2, -0.15) is 9.37 Å². The van der Waals surface area contributed by atoms with Gasteiger partial charge >= 0.3 is 0 Å². The van der Waals surface area contributed by atoms with Crippen molar-refractivity contribution >= 4 is 17.5 Å². The van der Waals surface area contributed by atoms with Gasteiger partial charge in [0.2, 0.25) is 23.6 Å². The molecule has 2 atom stereocenters. The molecule has 2 saturated heterocycles. The van der Waals surface area contributed by atoms with E-state index in [0.29, 0.717) is 31.8 Å². The van der Waals surface area contributed by atoms with E-state index in [1.165, 1.54) is 12.1 Å². The number of aromatic nitrogens is 1. The van der Waals surface area contributed by atoms with E-state index in [2.05, 4.69) is 4.98 Å². The summed E-state index contributed by atoms with van der Waals surface area (Å²) in [5.74, 6) is -0.167. The van der Waals surface area contributed by atoms with Gasteiger partial charge in [0.1, 0.15) is 11.9 Å². The van der Waals surface area contributed by atoms with Crippen LogP contribution >= 0.6 is 0 Å². The Morgan fingerprint density at radius 2 is 1.97 bits per heavy atom. The Bertz CT molecular complexity index is 905. The minimum absolute atomic E-state index is 0.0485. The van der Waals surface area contributed by atoms with Gasteiger partial charge in [-0.15, -0.1) is 0 Å². The van der Waals surface area contributed by atoms with Gasteiger partial charge in [-0.05, 0) is 30.3 Å². The zero-order chi connectivity index (χ0) is 20.4. The molecule has 2 unspecified atom stereocenters. The number of nitrogens with zero attached hydrogens (tertiary/aromatic N) is 3. The van der Waals surface area contributed by atoms with E-state index in [0.717, 1.165) is 5.69 Å². The van der Waals surface area contributed by atoms with E-state index in [-0.39, 0.29) is 36.1 Å². The number of rotatable bonds is 5. The van der Waals surface area contributed by atoms with E-state index in [1.807, 2.05) is 12.1 Å². The van der Waals surface area contributed by atoms with Gasteiger partial charge in [0.05, 0.1) is 19.6 Å². The number of ether oxygens (including phenoxy) is 2. The van der Waals surface area contributed by atoms with Gasteiger partial charge in [-0.25, -0.2) is 0 Å². The Morgan fingerprint density at radius 3 is 2.69 bits per heavy atom. The Morgan fingerprint density at radius 1 is 1.17 bits per heavy atom. The molecule has 0 bridgehead atoms. The number of methoxy groups -OCH3 is 1. The first-order valence-corrected chi connectivity index (χ1v) is 9.56. The van der Waals surface area contributed by atoms with Crippen LogP contribution in [0.15, 0.2) is 42.5 Å². The van der Waals surface area contributed by atoms with Crippen LogP contribution in [0, 0.1) is 11.9 Å². The predicted octanol–water partition coefficient (Wildman–Crippen LogP) is 2.26. The fourth-order valence-electron chi connectivity index (χ4n) is 3.79. The molecule has 0 saturated carbocycles. The maximum absolute atomic E-state index is 13.2. The first-order chi connectivity index (χ1) is 14.0. The van der Waals surface area contributed by atoms with Gasteiger partial charge in [0.25, 0.3) is 0 Å². The molecule has 0 radical (unpaired) electrons. The van der Waals surface area contributed by atoms with Crippen molar-refractivity contribution in [2.45, 2.75) is 18.9 Å². The van der Waals surface area contributed by atoms with Crippen molar-refractivity contribution in [3.8, 4) is 11.6 Å². The Balaban J connectivity index is 1.35. The number of amides is 2. The van der Waals surface area contributed by atoms with E-state index < -0.39 is 5.95 Å². The van der Waals surface area contributed by atoms with Crippen molar-refractivity contribution in [3.05, 3.63) is 48.4 Å². The molecule has 0 spiro atoms. The molecular formula is C21H22FN3O4. The smallest absolute Gasteiger partial charge is 0.228 e. The van der Waals surface area contributed by atoms with Gasteiger partial charge < -0.3 is 19.3 Å². The van der Waals surface area contributed by atoms with E-state index in [4.69, 9.17) is 9.47 Å². The number of carbonyl (C=O) groups excluding carboxylic acids is 2. The topological polar surface area (TPSA) is 72.0 Å². The zero-order valence-electron chi connectivity index (χ0n) is 16.1. The summed E-state index contributed by atoms with van der Waals surface area (Å²) in [4.78, 5) is 32.4. The average Bonchev–Trinajstić information content (AvgIpc) is 3.34. The fourth-order valence-corrected chi connectivity index (χ4v) is 3.79. The highest BCUT2D eigenvalue weighted by Gasteiger charge is 2.39. The molecule has 2 amide bonds. The summed E-state index contributed by atoms with van der Waals surface area (Å²) in [5.41, 5.74) is 0.755. The van der Waals surface area contributed by atoms with Crippen molar-refractivity contribution in [2.75, 3.05) is 31.6 Å². The Labute approximate surface area is 168 Å². The predicted molar refractivity (Wildman–Crippen MR) is 103 cm³/mol. The number of hydrogen-bond donors (Lipinski definition) is 0. The van der Waals surface area contributed by atoms with Crippen LogP contribution in [-0.4, -0.2) is 54.5 Å². The van der Waals surface area contributed by atoms with E-state index in [1.54, 1.807) is 35.1 Å². The molecule has 29 heavy (non-hydrogen) atoms. The molecule has 2 aromatic rings. The van der Waals surface area contributed by atoms with Crippen molar-refractivity contribution in [1.29, 1.82) is 0 Å². The number of halogens is 1. The first-order valence-electron chi connectivity index (χ1n) is 9.56. The first kappa shape index (κ1) is 19.2. The van der Waals surface area contributed by atoms with Crippen LogP contribution in [0.3, 0.4) is 0 Å². The van der Waals surface area contributed by atoms with Crippen molar-refractivity contribution in [1.82, 2.24) is 9.88 Å². The maximum atomic E-state index is 13.2. The number of benzene rings is 1. The summed E-state index contributed by atoms with van der Waals surface area (Å²) in [6, 6.07) is 11.6. The second kappa shape index (κ2) is 8.06. The molecule has 2 fully saturated rings. The summed E-state index contributed by atoms with van der Waals surface area (Å²) in [6.07, 6.45) is 0.605. The molecule has 152 valence electrons. The van der Waals surface area contributed by atoms with Crippen LogP contribution in [0.2, 0.25) is 0 Å². The third kappa shape index (κ3) is 4.16. The molecule has 4 rings (SSSR count). The lowest BCUT2D eigenvalue weighted by molar-refractivity contribution is -0.135. The van der Waals surface area contributed by atoms with Gasteiger partial charge in [-0.3, -0.25) is 9.59 Å². The van der Waals surface area contributed by atoms with E-state index >= 15 is 0 Å². The number of hydrogen-bond acceptors (Lipinski definition) is 5. The fraction of sp³-hybridized carbons (Fsp3) is 0.381. The molecular weight excluding hydrogens is 377 g/mol. The van der Waals surface area contributed by atoms with Crippen LogP contribution in [-0.2, 0) is 9.59 Å². The number of carbonyl (C=O) groups is 2. The molecule has 2 aliphatic rings. The molecule has 2 aliphatic heterocycles. The molecule has 1 aromatic carbocycles. The van der Waals surface area contributed by atoms with Gasteiger partial charge in [0.15, 0.2) is 0 Å². The highest BCUT2D eigenvalue weighted by Crippen LogP contribution is 2.29. The van der Waals surface area contributed by atoms with Crippen molar-refractivity contribution in [2.24, 2.45) is 5.92 Å². The summed E-state index contributed by atoms with van der Waals surface area (Å²) in [5, 5.41) is 0. The SMILES string of the molecule is COc1ccc(N2CC(C(=O)N3CCC(Oc4cccc(F)n4)C3)CC2=O)cc1. The highest BCUT2D eigenvalue weighted by atomic mass is 19.1. The second-order valence-corrected chi connectivity index (χ2v) is 7.21. The van der Waals surface area contributed by atoms with Crippen LogP contribution < -0.4 is 14.4 Å². The van der Waals surface area contributed by atoms with Crippen molar-refractivity contribution in [3.63, 3.8) is 0 Å². The minimum atomic E-state index is -0.600. The molecule has 8 heteroatoms. The lowest BCUT2D eigenvalue weighted by Gasteiger charge is -2.21. The Kier molecular flexibility index (Phi) is 5.33. The maximum Gasteiger partial charge on any atom is 0.228 e. The number of anilines is 1. The summed E-state index contributed by atoms with van der Waals surface area (Å²) in [6.45, 7) is 1.31. The van der Waals surface area contributed by atoms with Gasteiger partial charge in [-0.1, -0.05) is 6.07 Å². The number of likely N-dealkylation sites (tertiary alicyclic amines) is 1. The van der Waals surface area contributed by atoms with Crippen LogP contribution in [0.25, 0.3) is 0 Å². The lowest BCUT2D eigenvalue weighted by atomic mass is 10.1. The largest absolute Gasteiger partial charge is 0.497 e. The standard InChI is InChI=1S/C21H22FN3O4/c1-28-16-7-5-15(6-8-16)25-12-14(11-20(25)26)21(27)24-10-9-17(13-24)29-19-4-2-3-18(22)23-19/h2-8,14,17H,9-13H2,1H3. The van der Waals surface area contributed by atoms with Crippen molar-refractivity contribution < 1.29 is 23.5 Å². The molecule has 0 aliphatic carbocycles. The monoisotopic (exact) mass is 399 g/mol.